The maximum Gasteiger partial charge on any atom is 0.220 e. The highest BCUT2D eigenvalue weighted by molar-refractivity contribution is 5.76. The molecule has 4 heteroatoms. The standard InChI is InChI=1S/C17H20N2O2/c1-13(15-6-4-3-5-7-15)10-16(20)18-11-14-8-9-17(21-2)19-12-14/h3-9,12-13H,10-11H2,1-2H3,(H,18,20). The van der Waals surface area contributed by atoms with Crippen LogP contribution in [0.15, 0.2) is 48.7 Å². The average molecular weight is 284 g/mol. The Labute approximate surface area is 125 Å². The maximum absolute atomic E-state index is 12.0. The molecule has 2 aromatic rings. The number of pyridine rings is 1. The number of nitrogens with zero attached hydrogens (tertiary/aromatic N) is 1. The molecule has 4 nitrogen and oxygen atoms in total. The summed E-state index contributed by atoms with van der Waals surface area (Å²) in [7, 11) is 1.58. The van der Waals surface area contributed by atoms with Crippen LogP contribution in [-0.2, 0) is 11.3 Å². The Balaban J connectivity index is 1.81. The number of hydrogen-bond acceptors (Lipinski definition) is 3. The Hall–Kier alpha value is -2.36. The van der Waals surface area contributed by atoms with Gasteiger partial charge in [0.1, 0.15) is 0 Å². The molecule has 1 unspecified atom stereocenters. The third kappa shape index (κ3) is 4.60. The molecule has 0 radical (unpaired) electrons. The van der Waals surface area contributed by atoms with Crippen LogP contribution >= 0.6 is 0 Å². The smallest absolute Gasteiger partial charge is 0.220 e. The molecule has 0 saturated carbocycles. The predicted octanol–water partition coefficient (Wildman–Crippen LogP) is 2.90. The van der Waals surface area contributed by atoms with Gasteiger partial charge in [-0.05, 0) is 17.0 Å². The molecule has 0 aliphatic carbocycles. The van der Waals surface area contributed by atoms with Gasteiger partial charge in [-0.1, -0.05) is 43.3 Å². The predicted molar refractivity (Wildman–Crippen MR) is 82.1 cm³/mol. The van der Waals surface area contributed by atoms with Crippen molar-refractivity contribution in [3.05, 3.63) is 59.8 Å². The van der Waals surface area contributed by atoms with Gasteiger partial charge < -0.3 is 10.1 Å². The Morgan fingerprint density at radius 3 is 2.62 bits per heavy atom. The molecular formula is C17H20N2O2. The van der Waals surface area contributed by atoms with Gasteiger partial charge in [-0.25, -0.2) is 4.98 Å². The van der Waals surface area contributed by atoms with Gasteiger partial charge >= 0.3 is 0 Å². The zero-order valence-electron chi connectivity index (χ0n) is 12.4. The number of rotatable bonds is 6. The number of ether oxygens (including phenoxy) is 1. The topological polar surface area (TPSA) is 51.2 Å². The quantitative estimate of drug-likeness (QED) is 0.887. The number of carbonyl (C=O) groups is 1. The van der Waals surface area contributed by atoms with Gasteiger partial charge in [-0.2, -0.15) is 0 Å². The van der Waals surface area contributed by atoms with Crippen molar-refractivity contribution in [2.24, 2.45) is 0 Å². The summed E-state index contributed by atoms with van der Waals surface area (Å²) in [6, 6.07) is 13.7. The summed E-state index contributed by atoms with van der Waals surface area (Å²) in [5, 5.41) is 2.92. The Kier molecular flexibility index (Phi) is 5.32. The van der Waals surface area contributed by atoms with Gasteiger partial charge in [0, 0.05) is 25.2 Å². The van der Waals surface area contributed by atoms with Crippen molar-refractivity contribution in [3.63, 3.8) is 0 Å². The molecule has 0 aliphatic rings. The minimum Gasteiger partial charge on any atom is -0.481 e. The van der Waals surface area contributed by atoms with Crippen LogP contribution in [0.1, 0.15) is 30.4 Å². The number of methoxy groups -OCH3 is 1. The molecule has 0 aliphatic heterocycles. The van der Waals surface area contributed by atoms with Gasteiger partial charge in [0.15, 0.2) is 0 Å². The number of hydrogen-bond donors (Lipinski definition) is 1. The lowest BCUT2D eigenvalue weighted by Gasteiger charge is -2.12. The lowest BCUT2D eigenvalue weighted by Crippen LogP contribution is -2.24. The van der Waals surface area contributed by atoms with E-state index in [9.17, 15) is 4.79 Å². The Morgan fingerprint density at radius 2 is 2.00 bits per heavy atom. The first-order valence-corrected chi connectivity index (χ1v) is 6.99. The third-order valence-electron chi connectivity index (χ3n) is 3.36. The zero-order chi connectivity index (χ0) is 15.1. The van der Waals surface area contributed by atoms with Crippen molar-refractivity contribution >= 4 is 5.91 Å². The largest absolute Gasteiger partial charge is 0.481 e. The molecular weight excluding hydrogens is 264 g/mol. The van der Waals surface area contributed by atoms with Gasteiger partial charge in [0.25, 0.3) is 0 Å². The highest BCUT2D eigenvalue weighted by Crippen LogP contribution is 2.18. The fourth-order valence-electron chi connectivity index (χ4n) is 2.09. The second-order valence-electron chi connectivity index (χ2n) is 5.00. The van der Waals surface area contributed by atoms with Crippen LogP contribution in [0.4, 0.5) is 0 Å². The molecule has 1 aromatic carbocycles. The SMILES string of the molecule is COc1ccc(CNC(=O)CC(C)c2ccccc2)cn1. The second kappa shape index (κ2) is 7.43. The van der Waals surface area contributed by atoms with E-state index in [1.54, 1.807) is 19.4 Å². The maximum atomic E-state index is 12.0. The Bertz CT molecular complexity index is 567. The van der Waals surface area contributed by atoms with Crippen LogP contribution in [-0.4, -0.2) is 18.0 Å². The molecule has 1 aromatic heterocycles. The average Bonchev–Trinajstić information content (AvgIpc) is 2.54. The number of aromatic nitrogens is 1. The van der Waals surface area contributed by atoms with Gasteiger partial charge in [-0.15, -0.1) is 0 Å². The van der Waals surface area contributed by atoms with Crippen molar-refractivity contribution in [2.45, 2.75) is 25.8 Å². The summed E-state index contributed by atoms with van der Waals surface area (Å²) < 4.78 is 5.00. The van der Waals surface area contributed by atoms with Gasteiger partial charge in [0.05, 0.1) is 7.11 Å². The highest BCUT2D eigenvalue weighted by atomic mass is 16.5. The molecule has 110 valence electrons. The van der Waals surface area contributed by atoms with E-state index in [-0.39, 0.29) is 11.8 Å². The van der Waals surface area contributed by atoms with Crippen molar-refractivity contribution in [3.8, 4) is 5.88 Å². The summed E-state index contributed by atoms with van der Waals surface area (Å²) in [6.45, 7) is 2.54. The van der Waals surface area contributed by atoms with E-state index in [4.69, 9.17) is 4.74 Å². The first-order chi connectivity index (χ1) is 10.2. The number of nitrogens with one attached hydrogen (secondary N) is 1. The van der Waals surface area contributed by atoms with E-state index in [0.29, 0.717) is 18.8 Å². The first kappa shape index (κ1) is 15.0. The normalized spacial score (nSPS) is 11.7. The monoisotopic (exact) mass is 284 g/mol. The minimum absolute atomic E-state index is 0.0437. The van der Waals surface area contributed by atoms with E-state index in [0.717, 1.165) is 5.56 Å². The van der Waals surface area contributed by atoms with Crippen LogP contribution in [0, 0.1) is 0 Å². The van der Waals surface area contributed by atoms with Crippen molar-refractivity contribution < 1.29 is 9.53 Å². The number of carbonyl (C=O) groups excluding carboxylic acids is 1. The molecule has 0 spiro atoms. The van der Waals surface area contributed by atoms with Crippen LogP contribution in [0.25, 0.3) is 0 Å². The van der Waals surface area contributed by atoms with E-state index in [1.165, 1.54) is 5.56 Å². The number of amides is 1. The highest BCUT2D eigenvalue weighted by Gasteiger charge is 2.10. The summed E-state index contributed by atoms with van der Waals surface area (Å²) in [5.74, 6) is 0.824. The molecule has 1 heterocycles. The van der Waals surface area contributed by atoms with Crippen molar-refractivity contribution in [1.29, 1.82) is 0 Å². The van der Waals surface area contributed by atoms with Crippen molar-refractivity contribution in [2.75, 3.05) is 7.11 Å². The van der Waals surface area contributed by atoms with Crippen LogP contribution in [0.3, 0.4) is 0 Å². The van der Waals surface area contributed by atoms with Crippen LogP contribution in [0.2, 0.25) is 0 Å². The third-order valence-corrected chi connectivity index (χ3v) is 3.36. The van der Waals surface area contributed by atoms with Crippen LogP contribution < -0.4 is 10.1 Å². The first-order valence-electron chi connectivity index (χ1n) is 6.99. The summed E-state index contributed by atoms with van der Waals surface area (Å²) in [4.78, 5) is 16.1. The molecule has 2 rings (SSSR count). The van der Waals surface area contributed by atoms with Gasteiger partial charge in [-0.3, -0.25) is 4.79 Å². The van der Waals surface area contributed by atoms with Crippen LogP contribution in [0.5, 0.6) is 5.88 Å². The van der Waals surface area contributed by atoms with Crippen molar-refractivity contribution in [1.82, 2.24) is 10.3 Å². The summed E-state index contributed by atoms with van der Waals surface area (Å²) in [6.07, 6.45) is 2.19. The van der Waals surface area contributed by atoms with Gasteiger partial charge in [0.2, 0.25) is 11.8 Å². The van der Waals surface area contributed by atoms with E-state index < -0.39 is 0 Å². The molecule has 0 bridgehead atoms. The molecule has 0 saturated heterocycles. The van der Waals surface area contributed by atoms with E-state index in [1.807, 2.05) is 36.4 Å². The van der Waals surface area contributed by atoms with E-state index in [2.05, 4.69) is 17.2 Å². The lowest BCUT2D eigenvalue weighted by molar-refractivity contribution is -0.121. The minimum atomic E-state index is 0.0437. The molecule has 1 N–H and O–H groups in total. The Morgan fingerprint density at radius 1 is 1.24 bits per heavy atom. The molecule has 1 amide bonds. The fraction of sp³-hybridized carbons (Fsp3) is 0.294. The summed E-state index contributed by atoms with van der Waals surface area (Å²) >= 11 is 0. The lowest BCUT2D eigenvalue weighted by atomic mass is 9.97. The zero-order valence-corrected chi connectivity index (χ0v) is 12.4. The molecule has 0 fully saturated rings. The van der Waals surface area contributed by atoms with E-state index >= 15 is 0 Å². The summed E-state index contributed by atoms with van der Waals surface area (Å²) in [5.41, 5.74) is 2.13. The fourth-order valence-corrected chi connectivity index (χ4v) is 2.09. The molecule has 1 atom stereocenters. The molecule has 21 heavy (non-hydrogen) atoms. The second-order valence-corrected chi connectivity index (χ2v) is 5.00. The number of benzene rings is 1.